The van der Waals surface area contributed by atoms with Crippen molar-refractivity contribution in [3.63, 3.8) is 0 Å². The van der Waals surface area contributed by atoms with Gasteiger partial charge in [0.15, 0.2) is 5.78 Å². The maximum atomic E-state index is 12.3. The zero-order valence-electron chi connectivity index (χ0n) is 12.6. The third-order valence-electron chi connectivity index (χ3n) is 3.83. The Hall–Kier alpha value is -1.97. The molecule has 0 aromatic heterocycles. The molecule has 1 aliphatic heterocycles. The number of carbonyl (C=O) groups excluding carboxylic acids is 3. The van der Waals surface area contributed by atoms with Gasteiger partial charge in [-0.2, -0.15) is 0 Å². The van der Waals surface area contributed by atoms with Gasteiger partial charge >= 0.3 is 0 Å². The number of imide groups is 1. The van der Waals surface area contributed by atoms with Gasteiger partial charge in [-0.15, -0.1) is 0 Å². The molecule has 0 N–H and O–H groups in total. The molecule has 1 fully saturated rings. The minimum absolute atomic E-state index is 0.140. The van der Waals surface area contributed by atoms with Gasteiger partial charge in [0.1, 0.15) is 0 Å². The fourth-order valence-electron chi connectivity index (χ4n) is 2.43. The quantitative estimate of drug-likeness (QED) is 0.632. The Labute approximate surface area is 125 Å². The second-order valence-electron chi connectivity index (χ2n) is 5.78. The molecule has 0 atom stereocenters. The lowest BCUT2D eigenvalue weighted by atomic mass is 10.0. The summed E-state index contributed by atoms with van der Waals surface area (Å²) in [5.74, 6) is -0.244. The highest BCUT2D eigenvalue weighted by Gasteiger charge is 2.26. The highest BCUT2D eigenvalue weighted by atomic mass is 16.2. The normalized spacial score (nSPS) is 16.2. The Morgan fingerprint density at radius 2 is 1.57 bits per heavy atom. The van der Waals surface area contributed by atoms with Gasteiger partial charge in [-0.05, 0) is 24.3 Å². The first-order valence-electron chi connectivity index (χ1n) is 7.45. The largest absolute Gasteiger partial charge is 0.292 e. The van der Waals surface area contributed by atoms with Crippen LogP contribution in [0.25, 0.3) is 0 Å². The van der Waals surface area contributed by atoms with Crippen LogP contribution in [0, 0.1) is 0 Å². The Kier molecular flexibility index (Phi) is 4.89. The average molecular weight is 287 g/mol. The van der Waals surface area contributed by atoms with E-state index in [1.807, 2.05) is 12.1 Å². The molecule has 1 aromatic rings. The van der Waals surface area contributed by atoms with Crippen molar-refractivity contribution < 1.29 is 14.4 Å². The summed E-state index contributed by atoms with van der Waals surface area (Å²) in [6.45, 7) is 4.04. The zero-order valence-corrected chi connectivity index (χ0v) is 12.6. The lowest BCUT2D eigenvalue weighted by molar-refractivity contribution is -0.143. The van der Waals surface area contributed by atoms with Crippen LogP contribution in [0.1, 0.15) is 61.4 Å². The third kappa shape index (κ3) is 3.78. The molecule has 0 saturated carbocycles. The molecule has 0 radical (unpaired) electrons. The predicted molar refractivity (Wildman–Crippen MR) is 80.0 cm³/mol. The number of nitrogens with zero attached hydrogens (tertiary/aromatic N) is 1. The number of Topliss-reactive ketones (excluding diaryl/α,β-unsaturated/α-hetero) is 1. The summed E-state index contributed by atoms with van der Waals surface area (Å²) in [4.78, 5) is 37.1. The van der Waals surface area contributed by atoms with Crippen molar-refractivity contribution in [2.45, 2.75) is 45.4 Å². The topological polar surface area (TPSA) is 54.5 Å². The lowest BCUT2D eigenvalue weighted by Gasteiger charge is -2.17. The average Bonchev–Trinajstić information content (AvgIpc) is 2.62. The van der Waals surface area contributed by atoms with Gasteiger partial charge in [0, 0.05) is 18.4 Å². The summed E-state index contributed by atoms with van der Waals surface area (Å²) < 4.78 is 0. The molecule has 0 spiro atoms. The first kappa shape index (κ1) is 15.4. The van der Waals surface area contributed by atoms with E-state index in [2.05, 4.69) is 13.8 Å². The van der Waals surface area contributed by atoms with Crippen molar-refractivity contribution in [1.82, 2.24) is 4.90 Å². The third-order valence-corrected chi connectivity index (χ3v) is 3.83. The highest BCUT2D eigenvalue weighted by molar-refractivity contribution is 6.04. The number of hydrogen-bond donors (Lipinski definition) is 0. The molecule has 0 aliphatic carbocycles. The van der Waals surface area contributed by atoms with Crippen molar-refractivity contribution in [3.05, 3.63) is 35.4 Å². The summed E-state index contributed by atoms with van der Waals surface area (Å²) in [6.07, 6.45) is 2.15. The fourth-order valence-corrected chi connectivity index (χ4v) is 2.43. The second kappa shape index (κ2) is 6.66. The Bertz CT molecular complexity index is 528. The van der Waals surface area contributed by atoms with Gasteiger partial charge < -0.3 is 0 Å². The van der Waals surface area contributed by atoms with E-state index >= 15 is 0 Å². The number of hydrogen-bond acceptors (Lipinski definition) is 3. The standard InChI is InChI=1S/C17H21NO3/c1-12(2)13-7-9-14(10-8-13)15(19)11-18-16(20)5-3-4-6-17(18)21/h7-10,12H,3-6,11H2,1-2H3. The van der Waals surface area contributed by atoms with Gasteiger partial charge in [0.25, 0.3) is 0 Å². The molecule has 1 aliphatic rings. The molecular formula is C17H21NO3. The van der Waals surface area contributed by atoms with Gasteiger partial charge in [-0.25, -0.2) is 0 Å². The number of carbonyl (C=O) groups is 3. The summed E-state index contributed by atoms with van der Waals surface area (Å²) >= 11 is 0. The number of benzene rings is 1. The van der Waals surface area contributed by atoms with Gasteiger partial charge in [-0.1, -0.05) is 38.1 Å². The molecule has 21 heavy (non-hydrogen) atoms. The van der Waals surface area contributed by atoms with Crippen molar-refractivity contribution in [2.75, 3.05) is 6.54 Å². The van der Waals surface area contributed by atoms with E-state index in [-0.39, 0.29) is 24.1 Å². The molecule has 1 saturated heterocycles. The Balaban J connectivity index is 2.09. The summed E-state index contributed by atoms with van der Waals surface area (Å²) in [5.41, 5.74) is 1.71. The number of amides is 2. The van der Waals surface area contributed by atoms with E-state index in [0.29, 0.717) is 24.3 Å². The van der Waals surface area contributed by atoms with Crippen LogP contribution in [-0.4, -0.2) is 29.0 Å². The van der Waals surface area contributed by atoms with Crippen LogP contribution >= 0.6 is 0 Å². The smallest absolute Gasteiger partial charge is 0.229 e. The van der Waals surface area contributed by atoms with Crippen LogP contribution in [0.4, 0.5) is 0 Å². The first-order chi connectivity index (χ1) is 9.99. The van der Waals surface area contributed by atoms with E-state index in [9.17, 15) is 14.4 Å². The van der Waals surface area contributed by atoms with E-state index in [0.717, 1.165) is 23.3 Å². The Morgan fingerprint density at radius 1 is 1.05 bits per heavy atom. The van der Waals surface area contributed by atoms with Crippen molar-refractivity contribution in [2.24, 2.45) is 0 Å². The minimum atomic E-state index is -0.232. The second-order valence-corrected chi connectivity index (χ2v) is 5.78. The minimum Gasteiger partial charge on any atom is -0.292 e. The van der Waals surface area contributed by atoms with Gasteiger partial charge in [-0.3, -0.25) is 19.3 Å². The maximum absolute atomic E-state index is 12.3. The molecule has 0 bridgehead atoms. The molecule has 1 heterocycles. The number of ketones is 1. The van der Waals surface area contributed by atoms with Crippen molar-refractivity contribution in [1.29, 1.82) is 0 Å². The zero-order chi connectivity index (χ0) is 15.4. The van der Waals surface area contributed by atoms with Crippen LogP contribution in [0.15, 0.2) is 24.3 Å². The maximum Gasteiger partial charge on any atom is 0.229 e. The van der Waals surface area contributed by atoms with Crippen molar-refractivity contribution in [3.8, 4) is 0 Å². The number of rotatable bonds is 4. The van der Waals surface area contributed by atoms with E-state index < -0.39 is 0 Å². The van der Waals surface area contributed by atoms with E-state index in [1.54, 1.807) is 12.1 Å². The molecule has 4 heteroatoms. The van der Waals surface area contributed by atoms with Gasteiger partial charge in [0.2, 0.25) is 11.8 Å². The molecule has 0 unspecified atom stereocenters. The van der Waals surface area contributed by atoms with E-state index in [1.165, 1.54) is 0 Å². The molecular weight excluding hydrogens is 266 g/mol. The van der Waals surface area contributed by atoms with Crippen LogP contribution in [0.3, 0.4) is 0 Å². The van der Waals surface area contributed by atoms with Crippen LogP contribution in [-0.2, 0) is 9.59 Å². The number of likely N-dealkylation sites (tertiary alicyclic amines) is 1. The lowest BCUT2D eigenvalue weighted by Crippen LogP contribution is -2.39. The molecule has 1 aromatic carbocycles. The SMILES string of the molecule is CC(C)c1ccc(C(=O)CN2C(=O)CCCCC2=O)cc1. The predicted octanol–water partition coefficient (Wildman–Crippen LogP) is 2.92. The molecule has 4 nitrogen and oxygen atoms in total. The van der Waals surface area contributed by atoms with Crippen molar-refractivity contribution >= 4 is 17.6 Å². The first-order valence-corrected chi connectivity index (χ1v) is 7.45. The molecule has 2 rings (SSSR count). The van der Waals surface area contributed by atoms with E-state index in [4.69, 9.17) is 0 Å². The Morgan fingerprint density at radius 3 is 2.05 bits per heavy atom. The summed E-state index contributed by atoms with van der Waals surface area (Å²) in [6, 6.07) is 7.38. The van der Waals surface area contributed by atoms with Crippen LogP contribution in [0.2, 0.25) is 0 Å². The summed E-state index contributed by atoms with van der Waals surface area (Å²) in [5, 5.41) is 0. The molecule has 112 valence electrons. The highest BCUT2D eigenvalue weighted by Crippen LogP contribution is 2.17. The molecule has 2 amide bonds. The fraction of sp³-hybridized carbons (Fsp3) is 0.471. The van der Waals surface area contributed by atoms with Gasteiger partial charge in [0.05, 0.1) is 6.54 Å². The summed E-state index contributed by atoms with van der Waals surface area (Å²) in [7, 11) is 0. The monoisotopic (exact) mass is 287 g/mol. The van der Waals surface area contributed by atoms with Crippen LogP contribution < -0.4 is 0 Å². The van der Waals surface area contributed by atoms with Crippen LogP contribution in [0.5, 0.6) is 0 Å².